The number of hydrogen-bond donors (Lipinski definition) is 0. The molecule has 0 unspecified atom stereocenters. The van der Waals surface area contributed by atoms with Gasteiger partial charge < -0.3 is 14.0 Å². The Balaban J connectivity index is 1.71. The third-order valence-electron chi connectivity index (χ3n) is 4.53. The molecule has 0 N–H and O–H groups in total. The first-order valence-electron chi connectivity index (χ1n) is 9.00. The van der Waals surface area contributed by atoms with Gasteiger partial charge in [-0.05, 0) is 35.4 Å². The van der Waals surface area contributed by atoms with Gasteiger partial charge in [-0.2, -0.15) is 0 Å². The molecule has 6 heteroatoms. The van der Waals surface area contributed by atoms with Crippen molar-refractivity contribution in [3.05, 3.63) is 95.9 Å². The lowest BCUT2D eigenvalue weighted by molar-refractivity contribution is 0.226. The van der Waals surface area contributed by atoms with E-state index < -0.39 is 5.43 Å². The molecule has 0 aliphatic rings. The lowest BCUT2D eigenvalue weighted by Crippen LogP contribution is -1.98. The fraction of sp³-hybridized carbons (Fsp3) is 0.0870. The van der Waals surface area contributed by atoms with Gasteiger partial charge in [0.2, 0.25) is 0 Å². The van der Waals surface area contributed by atoms with Gasteiger partial charge in [-0.25, -0.2) is 9.18 Å². The van der Waals surface area contributed by atoms with Crippen molar-refractivity contribution < 1.29 is 18.7 Å². The molecule has 1 aromatic heterocycles. The summed E-state index contributed by atoms with van der Waals surface area (Å²) in [6.07, 6.45) is 1.70. The smallest absolute Gasteiger partial charge is 0.409 e. The van der Waals surface area contributed by atoms with E-state index in [1.165, 1.54) is 12.1 Å². The van der Waals surface area contributed by atoms with Gasteiger partial charge >= 0.3 is 5.43 Å². The largest absolute Gasteiger partial charge is 0.488 e. The maximum Gasteiger partial charge on any atom is 0.409 e. The highest BCUT2D eigenvalue weighted by molar-refractivity contribution is 6.61. The first kappa shape index (κ1) is 19.0. The fourth-order valence-electron chi connectivity index (χ4n) is 3.22. The highest BCUT2D eigenvalue weighted by Crippen LogP contribution is 2.37. The van der Waals surface area contributed by atoms with Crippen molar-refractivity contribution in [1.29, 1.82) is 0 Å². The number of benzene rings is 3. The van der Waals surface area contributed by atoms with Crippen molar-refractivity contribution in [3.63, 3.8) is 0 Å². The van der Waals surface area contributed by atoms with Crippen LogP contribution in [-0.4, -0.2) is 10.00 Å². The molecule has 146 valence electrons. The average Bonchev–Trinajstić information content (AvgIpc) is 3.06. The molecule has 0 aliphatic heterocycles. The Bertz CT molecular complexity index is 1140. The molecule has 29 heavy (non-hydrogen) atoms. The molecule has 0 radical (unpaired) electrons. The van der Waals surface area contributed by atoms with Crippen LogP contribution < -0.4 is 9.47 Å². The normalized spacial score (nSPS) is 10.8. The molecule has 0 bridgehead atoms. The molecule has 1 heterocycles. The second kappa shape index (κ2) is 8.37. The number of ether oxygens (including phenoxy) is 2. The third-order valence-corrected chi connectivity index (χ3v) is 4.60. The number of fused-ring (bicyclic) bond motifs is 1. The van der Waals surface area contributed by atoms with E-state index in [-0.39, 0.29) is 5.82 Å². The summed E-state index contributed by atoms with van der Waals surface area (Å²) in [7, 11) is 0. The van der Waals surface area contributed by atoms with Crippen LogP contribution in [-0.2, 0) is 13.2 Å². The van der Waals surface area contributed by atoms with Crippen molar-refractivity contribution in [2.75, 3.05) is 0 Å². The molecule has 0 amide bonds. The van der Waals surface area contributed by atoms with Crippen LogP contribution in [0.4, 0.5) is 9.18 Å². The summed E-state index contributed by atoms with van der Waals surface area (Å²) in [6.45, 7) is 0.843. The third kappa shape index (κ3) is 4.41. The van der Waals surface area contributed by atoms with Crippen molar-refractivity contribution in [2.24, 2.45) is 0 Å². The molecule has 0 fully saturated rings. The van der Waals surface area contributed by atoms with Crippen LogP contribution in [0, 0.1) is 5.82 Å². The zero-order valence-electron chi connectivity index (χ0n) is 15.3. The highest BCUT2D eigenvalue weighted by atomic mass is 35.5. The summed E-state index contributed by atoms with van der Waals surface area (Å²) in [5, 5.41) is 0.652. The number of carbonyl (C=O) groups is 1. The topological polar surface area (TPSA) is 40.5 Å². The Labute approximate surface area is 172 Å². The number of carbonyl (C=O) groups excluding carboxylic acids is 1. The van der Waals surface area contributed by atoms with E-state index >= 15 is 0 Å². The van der Waals surface area contributed by atoms with Gasteiger partial charge in [0, 0.05) is 24.3 Å². The van der Waals surface area contributed by atoms with E-state index in [4.69, 9.17) is 21.1 Å². The van der Waals surface area contributed by atoms with Gasteiger partial charge in [0.05, 0.1) is 10.9 Å². The molecular weight excluding hydrogens is 393 g/mol. The quantitative estimate of drug-likeness (QED) is 0.359. The predicted molar refractivity (Wildman–Crippen MR) is 110 cm³/mol. The molecule has 0 aliphatic carbocycles. The molecule has 0 saturated heterocycles. The monoisotopic (exact) mass is 409 g/mol. The van der Waals surface area contributed by atoms with Crippen LogP contribution in [0.15, 0.2) is 79.0 Å². The minimum absolute atomic E-state index is 0.292. The molecule has 4 nitrogen and oxygen atoms in total. The van der Waals surface area contributed by atoms with Crippen LogP contribution in [0.3, 0.4) is 0 Å². The van der Waals surface area contributed by atoms with Crippen LogP contribution in [0.25, 0.3) is 10.9 Å². The Morgan fingerprint density at radius 1 is 0.897 bits per heavy atom. The van der Waals surface area contributed by atoms with Gasteiger partial charge in [-0.1, -0.05) is 48.5 Å². The number of aromatic nitrogens is 1. The molecule has 0 spiro atoms. The van der Waals surface area contributed by atoms with E-state index in [0.29, 0.717) is 30.0 Å². The van der Waals surface area contributed by atoms with Crippen molar-refractivity contribution in [3.8, 4) is 11.5 Å². The first-order chi connectivity index (χ1) is 14.1. The van der Waals surface area contributed by atoms with Gasteiger partial charge in [-0.3, -0.25) is 0 Å². The van der Waals surface area contributed by atoms with Crippen LogP contribution in [0.1, 0.15) is 11.1 Å². The number of halogens is 2. The summed E-state index contributed by atoms with van der Waals surface area (Å²) in [5.41, 5.74) is 1.81. The zero-order chi connectivity index (χ0) is 20.2. The minimum Gasteiger partial charge on any atom is -0.488 e. The lowest BCUT2D eigenvalue weighted by Gasteiger charge is -2.10. The summed E-state index contributed by atoms with van der Waals surface area (Å²) >= 11 is 5.47. The summed E-state index contributed by atoms with van der Waals surface area (Å²) in [4.78, 5) is 11.4. The minimum atomic E-state index is -0.927. The predicted octanol–water partition coefficient (Wildman–Crippen LogP) is 6.15. The maximum absolute atomic E-state index is 13.2. The van der Waals surface area contributed by atoms with E-state index in [9.17, 15) is 9.18 Å². The van der Waals surface area contributed by atoms with Gasteiger partial charge in [-0.15, -0.1) is 0 Å². The second-order valence-electron chi connectivity index (χ2n) is 6.51. The standard InChI is InChI=1S/C23H17ClFNO3/c24-23(27)29-21-14-26(13-16-9-11-18(25)12-10-16)19-7-4-8-20(22(19)21)28-15-17-5-2-1-3-6-17/h1-12,14H,13,15H2. The fourth-order valence-corrected chi connectivity index (χ4v) is 3.30. The van der Waals surface area contributed by atoms with Crippen molar-refractivity contribution in [1.82, 2.24) is 4.57 Å². The molecular formula is C23H17ClFNO3. The average molecular weight is 410 g/mol. The number of hydrogen-bond acceptors (Lipinski definition) is 3. The maximum atomic E-state index is 13.2. The van der Waals surface area contributed by atoms with Crippen LogP contribution >= 0.6 is 11.6 Å². The Kier molecular flexibility index (Phi) is 5.49. The number of rotatable bonds is 6. The molecule has 3 aromatic carbocycles. The molecule has 4 rings (SSSR count). The van der Waals surface area contributed by atoms with E-state index in [2.05, 4.69) is 0 Å². The SMILES string of the molecule is O=C(Cl)Oc1cn(Cc2ccc(F)cc2)c2cccc(OCc3ccccc3)c12. The Morgan fingerprint density at radius 3 is 2.38 bits per heavy atom. The number of nitrogens with zero attached hydrogens (tertiary/aromatic N) is 1. The molecule has 4 aromatic rings. The summed E-state index contributed by atoms with van der Waals surface area (Å²) < 4.78 is 26.4. The van der Waals surface area contributed by atoms with Gasteiger partial charge in [0.1, 0.15) is 18.2 Å². The highest BCUT2D eigenvalue weighted by Gasteiger charge is 2.17. The summed E-state index contributed by atoms with van der Waals surface area (Å²) in [6, 6.07) is 21.6. The van der Waals surface area contributed by atoms with E-state index in [0.717, 1.165) is 16.6 Å². The lowest BCUT2D eigenvalue weighted by atomic mass is 10.2. The van der Waals surface area contributed by atoms with Crippen molar-refractivity contribution >= 4 is 27.9 Å². The van der Waals surface area contributed by atoms with Gasteiger partial charge in [0.25, 0.3) is 0 Å². The summed E-state index contributed by atoms with van der Waals surface area (Å²) in [5.74, 6) is 0.599. The Morgan fingerprint density at radius 2 is 1.66 bits per heavy atom. The van der Waals surface area contributed by atoms with E-state index in [1.807, 2.05) is 53.1 Å². The zero-order valence-corrected chi connectivity index (χ0v) is 16.1. The van der Waals surface area contributed by atoms with E-state index in [1.54, 1.807) is 18.3 Å². The first-order valence-corrected chi connectivity index (χ1v) is 9.38. The Hall–Kier alpha value is -3.31. The molecule has 0 saturated carbocycles. The van der Waals surface area contributed by atoms with Gasteiger partial charge in [0.15, 0.2) is 5.75 Å². The van der Waals surface area contributed by atoms with Crippen LogP contribution in [0.2, 0.25) is 0 Å². The second-order valence-corrected chi connectivity index (χ2v) is 6.82. The molecule has 0 atom stereocenters. The van der Waals surface area contributed by atoms with Crippen LogP contribution in [0.5, 0.6) is 11.5 Å². The van der Waals surface area contributed by atoms with Crippen molar-refractivity contribution in [2.45, 2.75) is 13.2 Å².